The largest absolute Gasteiger partial charge is 0.493 e. The van der Waals surface area contributed by atoms with Gasteiger partial charge in [0.15, 0.2) is 0 Å². The van der Waals surface area contributed by atoms with Crippen LogP contribution in [0.2, 0.25) is 0 Å². The molecule has 1 aliphatic heterocycles. The van der Waals surface area contributed by atoms with Crippen molar-refractivity contribution in [3.63, 3.8) is 0 Å². The Morgan fingerprint density at radius 2 is 1.80 bits per heavy atom. The maximum atomic E-state index is 13.2. The van der Waals surface area contributed by atoms with Crippen LogP contribution in [0.3, 0.4) is 0 Å². The Bertz CT molecular complexity index is 1650. The fraction of sp³-hybridized carbons (Fsp3) is 0.314. The minimum absolute atomic E-state index is 0.152. The van der Waals surface area contributed by atoms with Crippen molar-refractivity contribution in [1.29, 1.82) is 5.26 Å². The summed E-state index contributed by atoms with van der Waals surface area (Å²) in [6.07, 6.45) is 3.94. The quantitative estimate of drug-likeness (QED) is 0.201. The van der Waals surface area contributed by atoms with Crippen molar-refractivity contribution >= 4 is 23.3 Å². The van der Waals surface area contributed by atoms with Gasteiger partial charge in [-0.05, 0) is 72.7 Å². The van der Waals surface area contributed by atoms with E-state index >= 15 is 0 Å². The molecule has 1 aliphatic rings. The van der Waals surface area contributed by atoms with Crippen LogP contribution in [-0.4, -0.2) is 40.7 Å². The van der Waals surface area contributed by atoms with Crippen LogP contribution in [0.5, 0.6) is 5.75 Å². The first-order valence-electron chi connectivity index (χ1n) is 14.7. The lowest BCUT2D eigenvalue weighted by Crippen LogP contribution is -2.38. The third-order valence-corrected chi connectivity index (χ3v) is 8.09. The third kappa shape index (κ3) is 7.32. The maximum absolute atomic E-state index is 13.2. The van der Waals surface area contributed by atoms with E-state index in [1.807, 2.05) is 31.2 Å². The second-order valence-electron chi connectivity index (χ2n) is 11.9. The predicted molar refractivity (Wildman–Crippen MR) is 169 cm³/mol. The molecule has 3 heterocycles. The summed E-state index contributed by atoms with van der Waals surface area (Å²) in [5, 5.41) is 22.5. The normalized spacial score (nSPS) is 14.1. The molecule has 4 aromatic rings. The highest BCUT2D eigenvalue weighted by molar-refractivity contribution is 5.92. The number of aryl methyl sites for hydroxylation is 1. The third-order valence-electron chi connectivity index (χ3n) is 8.09. The van der Waals surface area contributed by atoms with Gasteiger partial charge >= 0.3 is 5.97 Å². The molecule has 0 bridgehead atoms. The number of pyridine rings is 2. The average Bonchev–Trinajstić information content (AvgIpc) is 3.00. The number of anilines is 3. The van der Waals surface area contributed by atoms with Crippen LogP contribution in [0.25, 0.3) is 11.1 Å². The molecule has 0 atom stereocenters. The average molecular weight is 594 g/mol. The number of nitrogens with zero attached hydrogens (tertiary/aromatic N) is 4. The minimum Gasteiger partial charge on any atom is -0.493 e. The number of benzene rings is 2. The molecule has 0 amide bonds. The van der Waals surface area contributed by atoms with E-state index in [2.05, 4.69) is 35.1 Å². The van der Waals surface area contributed by atoms with E-state index in [-0.39, 0.29) is 17.7 Å². The molecule has 0 aliphatic carbocycles. The molecule has 1 fully saturated rings. The van der Waals surface area contributed by atoms with Crippen LogP contribution in [0.1, 0.15) is 49.1 Å². The van der Waals surface area contributed by atoms with Crippen molar-refractivity contribution in [1.82, 2.24) is 9.97 Å². The number of hydrogen-bond donors (Lipinski definition) is 2. The Morgan fingerprint density at radius 3 is 2.41 bits per heavy atom. The summed E-state index contributed by atoms with van der Waals surface area (Å²) in [6.45, 7) is 8.38. The van der Waals surface area contributed by atoms with Gasteiger partial charge in [0.05, 0.1) is 24.3 Å². The van der Waals surface area contributed by atoms with Crippen molar-refractivity contribution in [3.05, 3.63) is 95.1 Å². The highest BCUT2D eigenvalue weighted by Gasteiger charge is 2.31. The van der Waals surface area contributed by atoms with Gasteiger partial charge in [0.2, 0.25) is 0 Å². The topological polar surface area (TPSA) is 111 Å². The number of rotatable bonds is 10. The summed E-state index contributed by atoms with van der Waals surface area (Å²) in [5.41, 5.74) is 5.45. The van der Waals surface area contributed by atoms with Gasteiger partial charge in [0.1, 0.15) is 29.3 Å². The SMILES string of the molecule is Cc1nc(Nc2ccc(C#N)cn2)c(-c2ccc(OCCc3ccc(F)cc3)cc2)c(N2CCC(C)(C)CC2)c1CC(=O)O. The highest BCUT2D eigenvalue weighted by Crippen LogP contribution is 2.44. The van der Waals surface area contributed by atoms with Crippen LogP contribution in [0.15, 0.2) is 66.9 Å². The van der Waals surface area contributed by atoms with Gasteiger partial charge in [-0.1, -0.05) is 38.1 Å². The number of aliphatic carboxylic acids is 1. The van der Waals surface area contributed by atoms with E-state index in [9.17, 15) is 19.6 Å². The van der Waals surface area contributed by atoms with Gasteiger partial charge in [0.25, 0.3) is 0 Å². The van der Waals surface area contributed by atoms with E-state index in [1.165, 1.54) is 18.3 Å². The van der Waals surface area contributed by atoms with Gasteiger partial charge in [-0.2, -0.15) is 5.26 Å². The van der Waals surface area contributed by atoms with E-state index in [1.54, 1.807) is 24.3 Å². The number of carboxylic acids is 1. The number of ether oxygens (including phenoxy) is 1. The summed E-state index contributed by atoms with van der Waals surface area (Å²) in [5.74, 6) is 0.581. The second kappa shape index (κ2) is 13.1. The standard InChI is InChI=1S/C35H36FN5O3/c1-23-29(20-31(42)43)33(41-17-15-35(2,3)16-18-41)32(34(39-23)40-30-13-6-25(21-37)22-38-30)26-7-11-28(12-8-26)44-19-14-24-4-9-27(36)10-5-24/h4-13,22H,14-20H2,1-3H3,(H,42,43)(H,38,39,40). The van der Waals surface area contributed by atoms with E-state index < -0.39 is 5.97 Å². The molecule has 44 heavy (non-hydrogen) atoms. The van der Waals surface area contributed by atoms with E-state index in [0.29, 0.717) is 47.2 Å². The predicted octanol–water partition coefficient (Wildman–Crippen LogP) is 7.08. The van der Waals surface area contributed by atoms with Crippen LogP contribution in [0.4, 0.5) is 21.7 Å². The van der Waals surface area contributed by atoms with E-state index in [0.717, 1.165) is 48.3 Å². The molecule has 5 rings (SSSR count). The molecule has 2 N–H and O–H groups in total. The maximum Gasteiger partial charge on any atom is 0.307 e. The van der Waals surface area contributed by atoms with Gasteiger partial charge in [-0.25, -0.2) is 14.4 Å². The van der Waals surface area contributed by atoms with Crippen molar-refractivity contribution in [2.24, 2.45) is 5.41 Å². The van der Waals surface area contributed by atoms with Gasteiger partial charge in [-0.3, -0.25) is 4.79 Å². The molecule has 9 heteroatoms. The molecule has 0 spiro atoms. The number of carboxylic acid groups (broad SMARTS) is 1. The molecule has 0 saturated carbocycles. The zero-order valence-corrected chi connectivity index (χ0v) is 25.2. The minimum atomic E-state index is -0.918. The van der Waals surface area contributed by atoms with Gasteiger partial charge in [-0.15, -0.1) is 0 Å². The zero-order valence-electron chi connectivity index (χ0n) is 25.2. The fourth-order valence-corrected chi connectivity index (χ4v) is 5.45. The summed E-state index contributed by atoms with van der Waals surface area (Å²) in [7, 11) is 0. The number of piperidine rings is 1. The molecule has 0 radical (unpaired) electrons. The molecule has 0 unspecified atom stereocenters. The first kappa shape index (κ1) is 30.5. The summed E-state index contributed by atoms with van der Waals surface area (Å²) in [6, 6.07) is 19.6. The van der Waals surface area contributed by atoms with Crippen LogP contribution in [0, 0.1) is 29.5 Å². The lowest BCUT2D eigenvalue weighted by atomic mass is 9.82. The Kier molecular flexibility index (Phi) is 9.09. The molecular formula is C35H36FN5O3. The molecule has 2 aromatic heterocycles. The molecule has 1 saturated heterocycles. The molecular weight excluding hydrogens is 557 g/mol. The number of halogens is 1. The smallest absolute Gasteiger partial charge is 0.307 e. The molecule has 226 valence electrons. The van der Waals surface area contributed by atoms with Crippen molar-refractivity contribution in [3.8, 4) is 22.9 Å². The highest BCUT2D eigenvalue weighted by atomic mass is 19.1. The van der Waals surface area contributed by atoms with Crippen LogP contribution in [-0.2, 0) is 17.6 Å². The summed E-state index contributed by atoms with van der Waals surface area (Å²) in [4.78, 5) is 23.6. The second-order valence-corrected chi connectivity index (χ2v) is 11.9. The first-order valence-corrected chi connectivity index (χ1v) is 14.7. The Balaban J connectivity index is 1.53. The van der Waals surface area contributed by atoms with Gasteiger partial charge in [0, 0.05) is 42.5 Å². The number of nitrogens with one attached hydrogen (secondary N) is 1. The zero-order chi connectivity index (χ0) is 31.3. The van der Waals surface area contributed by atoms with E-state index in [4.69, 9.17) is 9.72 Å². The summed E-state index contributed by atoms with van der Waals surface area (Å²) >= 11 is 0. The summed E-state index contributed by atoms with van der Waals surface area (Å²) < 4.78 is 19.2. The molecule has 2 aromatic carbocycles. The monoisotopic (exact) mass is 593 g/mol. The fourth-order valence-electron chi connectivity index (χ4n) is 5.45. The van der Waals surface area contributed by atoms with Crippen LogP contribution >= 0.6 is 0 Å². The lowest BCUT2D eigenvalue weighted by molar-refractivity contribution is -0.136. The number of hydrogen-bond acceptors (Lipinski definition) is 7. The van der Waals surface area contributed by atoms with Gasteiger partial charge < -0.3 is 20.1 Å². The molecule has 8 nitrogen and oxygen atoms in total. The Hall–Kier alpha value is -4.97. The number of aromatic nitrogens is 2. The van der Waals surface area contributed by atoms with Crippen molar-refractivity contribution < 1.29 is 19.0 Å². The Morgan fingerprint density at radius 1 is 1.09 bits per heavy atom. The first-order chi connectivity index (χ1) is 21.1. The number of carbonyl (C=O) groups is 1. The van der Waals surface area contributed by atoms with Crippen LogP contribution < -0.4 is 15.0 Å². The number of nitriles is 1. The lowest BCUT2D eigenvalue weighted by Gasteiger charge is -2.40. The van der Waals surface area contributed by atoms with Crippen molar-refractivity contribution in [2.45, 2.75) is 46.5 Å². The van der Waals surface area contributed by atoms with Crippen molar-refractivity contribution in [2.75, 3.05) is 29.9 Å². The Labute approximate surface area is 257 Å².